The van der Waals surface area contributed by atoms with E-state index in [2.05, 4.69) is 61.5 Å². The Bertz CT molecular complexity index is 825. The van der Waals surface area contributed by atoms with Crippen molar-refractivity contribution >= 4 is 0 Å². The summed E-state index contributed by atoms with van der Waals surface area (Å²) in [4.78, 5) is 0. The standard InChI is InChI=1S/C30H50O2/c1-25(2)15-16-27(5)20(17-25)19-9-10-22-28(6)13-12-23(31)26(3,4)21(28)11-14-29(22,7)30(19,8)18-24(27)32/h9,20-24,31-32H,10-18H2,1-8H3/t20-,21+,22-,23-,24-,27-,28-,29+,30+/m0/s1. The first-order chi connectivity index (χ1) is 14.6. The Balaban J connectivity index is 1.60. The molecule has 2 N–H and O–H groups in total. The predicted molar refractivity (Wildman–Crippen MR) is 132 cm³/mol. The summed E-state index contributed by atoms with van der Waals surface area (Å²) in [6.45, 7) is 19.7. The molecule has 4 fully saturated rings. The number of aliphatic hydroxyl groups is 2. The molecule has 0 amide bonds. The maximum atomic E-state index is 11.7. The third-order valence-electron chi connectivity index (χ3n) is 13.1. The van der Waals surface area contributed by atoms with Crippen LogP contribution in [0.15, 0.2) is 11.6 Å². The van der Waals surface area contributed by atoms with Crippen molar-refractivity contribution in [2.24, 2.45) is 50.2 Å². The van der Waals surface area contributed by atoms with E-state index in [1.807, 2.05) is 0 Å². The summed E-state index contributed by atoms with van der Waals surface area (Å²) in [6.07, 6.45) is 12.6. The Morgan fingerprint density at radius 3 is 2.09 bits per heavy atom. The SMILES string of the molecule is CC1(C)CC[C@]2(C)[C@@H](O)C[C@]3(C)C(=CC[C@H]4[C@@]5(C)CC[C@H](O)C(C)(C)[C@H]5CC[C@]43C)[C@@H]2C1. The Labute approximate surface area is 197 Å². The van der Waals surface area contributed by atoms with Gasteiger partial charge in [-0.1, -0.05) is 67.0 Å². The molecule has 32 heavy (non-hydrogen) atoms. The summed E-state index contributed by atoms with van der Waals surface area (Å²) in [6, 6.07) is 0. The average molecular weight is 443 g/mol. The van der Waals surface area contributed by atoms with Crippen molar-refractivity contribution in [3.05, 3.63) is 11.6 Å². The van der Waals surface area contributed by atoms with Crippen LogP contribution in [0.3, 0.4) is 0 Å². The topological polar surface area (TPSA) is 40.5 Å². The Kier molecular flexibility index (Phi) is 4.87. The molecule has 2 nitrogen and oxygen atoms in total. The van der Waals surface area contributed by atoms with Crippen LogP contribution in [0.4, 0.5) is 0 Å². The van der Waals surface area contributed by atoms with E-state index in [9.17, 15) is 10.2 Å². The van der Waals surface area contributed by atoms with Gasteiger partial charge in [-0.05, 0) is 103 Å². The molecule has 0 heterocycles. The van der Waals surface area contributed by atoms with Gasteiger partial charge in [-0.15, -0.1) is 0 Å². The highest BCUT2D eigenvalue weighted by Gasteiger charge is 2.69. The van der Waals surface area contributed by atoms with E-state index < -0.39 is 0 Å². The van der Waals surface area contributed by atoms with Gasteiger partial charge >= 0.3 is 0 Å². The minimum absolute atomic E-state index is 0.00271. The molecule has 5 aliphatic carbocycles. The van der Waals surface area contributed by atoms with Gasteiger partial charge in [0.25, 0.3) is 0 Å². The van der Waals surface area contributed by atoms with Crippen LogP contribution in [0, 0.1) is 50.2 Å². The summed E-state index contributed by atoms with van der Waals surface area (Å²) in [5.41, 5.74) is 2.71. The van der Waals surface area contributed by atoms with Gasteiger partial charge in [0, 0.05) is 5.41 Å². The van der Waals surface area contributed by atoms with Gasteiger partial charge < -0.3 is 10.2 Å². The Morgan fingerprint density at radius 2 is 1.41 bits per heavy atom. The molecule has 0 saturated heterocycles. The fourth-order valence-corrected chi connectivity index (χ4v) is 10.6. The Hall–Kier alpha value is -0.340. The molecular weight excluding hydrogens is 392 g/mol. The molecule has 0 aromatic carbocycles. The summed E-state index contributed by atoms with van der Waals surface area (Å²) in [5.74, 6) is 1.75. The minimum Gasteiger partial charge on any atom is -0.393 e. The predicted octanol–water partition coefficient (Wildman–Crippen LogP) is 7.14. The number of aliphatic hydroxyl groups excluding tert-OH is 2. The van der Waals surface area contributed by atoms with Gasteiger partial charge in [0.05, 0.1) is 12.2 Å². The van der Waals surface area contributed by atoms with E-state index in [1.165, 1.54) is 32.1 Å². The highest BCUT2D eigenvalue weighted by Crippen LogP contribution is 2.75. The van der Waals surface area contributed by atoms with Crippen LogP contribution in [0.2, 0.25) is 0 Å². The summed E-state index contributed by atoms with van der Waals surface area (Å²) >= 11 is 0. The van der Waals surface area contributed by atoms with Gasteiger partial charge in [0.2, 0.25) is 0 Å². The van der Waals surface area contributed by atoms with Crippen LogP contribution in [-0.2, 0) is 0 Å². The molecule has 0 aliphatic heterocycles. The van der Waals surface area contributed by atoms with Crippen LogP contribution in [0.25, 0.3) is 0 Å². The second kappa shape index (κ2) is 6.66. The molecular formula is C30H50O2. The van der Waals surface area contributed by atoms with Crippen molar-refractivity contribution in [2.45, 2.75) is 125 Å². The highest BCUT2D eigenvalue weighted by molar-refractivity contribution is 5.34. The molecule has 4 saturated carbocycles. The zero-order chi connectivity index (χ0) is 23.5. The maximum Gasteiger partial charge on any atom is 0.0608 e. The van der Waals surface area contributed by atoms with Crippen molar-refractivity contribution in [3.8, 4) is 0 Å². The lowest BCUT2D eigenvalue weighted by atomic mass is 9.33. The first kappa shape index (κ1) is 23.4. The van der Waals surface area contributed by atoms with Crippen molar-refractivity contribution in [1.29, 1.82) is 0 Å². The molecule has 0 bridgehead atoms. The van der Waals surface area contributed by atoms with Gasteiger partial charge in [-0.2, -0.15) is 0 Å². The molecule has 0 aromatic heterocycles. The number of hydrogen-bond donors (Lipinski definition) is 2. The highest BCUT2D eigenvalue weighted by atomic mass is 16.3. The van der Waals surface area contributed by atoms with Crippen molar-refractivity contribution in [3.63, 3.8) is 0 Å². The van der Waals surface area contributed by atoms with Crippen LogP contribution in [-0.4, -0.2) is 22.4 Å². The van der Waals surface area contributed by atoms with E-state index in [0.717, 1.165) is 25.7 Å². The number of fused-ring (bicyclic) bond motifs is 7. The zero-order valence-corrected chi connectivity index (χ0v) is 22.2. The first-order valence-electron chi connectivity index (χ1n) is 13.7. The summed E-state index contributed by atoms with van der Waals surface area (Å²) in [7, 11) is 0. The van der Waals surface area contributed by atoms with Gasteiger partial charge in [0.1, 0.15) is 0 Å². The third kappa shape index (κ3) is 2.72. The van der Waals surface area contributed by atoms with E-state index >= 15 is 0 Å². The molecule has 5 rings (SSSR count). The van der Waals surface area contributed by atoms with Gasteiger partial charge in [0.15, 0.2) is 0 Å². The fraction of sp³-hybridized carbons (Fsp3) is 0.933. The summed E-state index contributed by atoms with van der Waals surface area (Å²) < 4.78 is 0. The molecule has 0 radical (unpaired) electrons. The van der Waals surface area contributed by atoms with Crippen LogP contribution >= 0.6 is 0 Å². The van der Waals surface area contributed by atoms with E-state index in [0.29, 0.717) is 23.2 Å². The molecule has 0 unspecified atom stereocenters. The largest absolute Gasteiger partial charge is 0.393 e. The second-order valence-corrected chi connectivity index (χ2v) is 15.3. The molecule has 182 valence electrons. The van der Waals surface area contributed by atoms with Crippen LogP contribution in [0.5, 0.6) is 0 Å². The first-order valence-corrected chi connectivity index (χ1v) is 13.7. The number of rotatable bonds is 0. The van der Waals surface area contributed by atoms with Crippen molar-refractivity contribution in [1.82, 2.24) is 0 Å². The minimum atomic E-state index is -0.198. The van der Waals surface area contributed by atoms with E-state index in [1.54, 1.807) is 5.57 Å². The normalized spacial score (nSPS) is 56.2. The fourth-order valence-electron chi connectivity index (χ4n) is 10.6. The molecule has 5 aliphatic rings. The number of hydrogen-bond acceptors (Lipinski definition) is 2. The van der Waals surface area contributed by atoms with Gasteiger partial charge in [-0.25, -0.2) is 0 Å². The lowest BCUT2D eigenvalue weighted by molar-refractivity contribution is -0.213. The average Bonchev–Trinajstić information content (AvgIpc) is 2.68. The van der Waals surface area contributed by atoms with Crippen LogP contribution in [0.1, 0.15) is 113 Å². The molecule has 9 atom stereocenters. The van der Waals surface area contributed by atoms with Gasteiger partial charge in [-0.3, -0.25) is 0 Å². The molecule has 0 aromatic rings. The lowest BCUT2D eigenvalue weighted by Crippen LogP contribution is -2.66. The Morgan fingerprint density at radius 1 is 0.719 bits per heavy atom. The monoisotopic (exact) mass is 442 g/mol. The van der Waals surface area contributed by atoms with E-state index in [-0.39, 0.29) is 39.3 Å². The van der Waals surface area contributed by atoms with Crippen LogP contribution < -0.4 is 0 Å². The van der Waals surface area contributed by atoms with Crippen molar-refractivity contribution in [2.75, 3.05) is 0 Å². The maximum absolute atomic E-state index is 11.7. The van der Waals surface area contributed by atoms with Crippen molar-refractivity contribution < 1.29 is 10.2 Å². The quantitative estimate of drug-likeness (QED) is 0.391. The zero-order valence-electron chi connectivity index (χ0n) is 22.2. The smallest absolute Gasteiger partial charge is 0.0608 e. The van der Waals surface area contributed by atoms with E-state index in [4.69, 9.17) is 0 Å². The second-order valence-electron chi connectivity index (χ2n) is 15.3. The molecule has 0 spiro atoms. The molecule has 2 heteroatoms. The summed E-state index contributed by atoms with van der Waals surface area (Å²) in [5, 5.41) is 22.6. The number of allylic oxidation sites excluding steroid dienone is 2. The third-order valence-corrected chi connectivity index (χ3v) is 13.1. The lowest BCUT2D eigenvalue weighted by Gasteiger charge is -2.72.